The van der Waals surface area contributed by atoms with E-state index in [1.165, 1.54) is 5.56 Å². The van der Waals surface area contributed by atoms with Crippen LogP contribution < -0.4 is 15.4 Å². The summed E-state index contributed by atoms with van der Waals surface area (Å²) in [6.45, 7) is 2.82. The molecular weight excluding hydrogens is 228 g/mol. The summed E-state index contributed by atoms with van der Waals surface area (Å²) in [5, 5.41) is 5.94. The molecule has 0 saturated carbocycles. The second kappa shape index (κ2) is 7.71. The van der Waals surface area contributed by atoms with E-state index in [9.17, 15) is 4.79 Å². The van der Waals surface area contributed by atoms with Gasteiger partial charge in [0.2, 0.25) is 5.91 Å². The topological polar surface area (TPSA) is 50.4 Å². The lowest BCUT2D eigenvalue weighted by Gasteiger charge is -2.13. The van der Waals surface area contributed by atoms with Gasteiger partial charge in [0.05, 0.1) is 7.11 Å². The van der Waals surface area contributed by atoms with Crippen LogP contribution in [0.4, 0.5) is 0 Å². The maximum atomic E-state index is 11.1. The Hall–Kier alpha value is -1.55. The second-order valence-electron chi connectivity index (χ2n) is 4.33. The number of carbonyl (C=O) groups excluding carboxylic acids is 1. The van der Waals surface area contributed by atoms with E-state index >= 15 is 0 Å². The monoisotopic (exact) mass is 250 g/mol. The Morgan fingerprint density at radius 1 is 1.33 bits per heavy atom. The average molecular weight is 250 g/mol. The summed E-state index contributed by atoms with van der Waals surface area (Å²) in [4.78, 5) is 11.1. The van der Waals surface area contributed by atoms with Crippen molar-refractivity contribution in [1.29, 1.82) is 0 Å². The Morgan fingerprint density at radius 2 is 2.00 bits per heavy atom. The van der Waals surface area contributed by atoms with E-state index in [0.29, 0.717) is 19.0 Å². The zero-order valence-electron chi connectivity index (χ0n) is 11.3. The minimum Gasteiger partial charge on any atom is -0.497 e. The largest absolute Gasteiger partial charge is 0.497 e. The zero-order chi connectivity index (χ0) is 13.4. The Bertz CT molecular complexity index is 363. The number of benzene rings is 1. The molecular formula is C14H22N2O2. The van der Waals surface area contributed by atoms with E-state index < -0.39 is 0 Å². The number of carbonyl (C=O) groups is 1. The van der Waals surface area contributed by atoms with Crippen molar-refractivity contribution in [3.05, 3.63) is 29.8 Å². The third-order valence-corrected chi connectivity index (χ3v) is 2.82. The molecule has 18 heavy (non-hydrogen) atoms. The van der Waals surface area contributed by atoms with Crippen LogP contribution in [0.3, 0.4) is 0 Å². The van der Waals surface area contributed by atoms with Crippen LogP contribution in [0.5, 0.6) is 5.75 Å². The van der Waals surface area contributed by atoms with E-state index in [1.54, 1.807) is 14.2 Å². The third-order valence-electron chi connectivity index (χ3n) is 2.82. The Kier molecular flexibility index (Phi) is 6.22. The molecule has 100 valence electrons. The Labute approximate surface area is 109 Å². The van der Waals surface area contributed by atoms with Crippen molar-refractivity contribution < 1.29 is 9.53 Å². The second-order valence-corrected chi connectivity index (χ2v) is 4.33. The molecule has 0 saturated heterocycles. The fraction of sp³-hybridized carbons (Fsp3) is 0.500. The molecule has 1 atom stereocenters. The van der Waals surface area contributed by atoms with Gasteiger partial charge in [0, 0.05) is 26.1 Å². The molecule has 4 nitrogen and oxygen atoms in total. The minimum atomic E-state index is 0.0687. The van der Waals surface area contributed by atoms with Gasteiger partial charge in [0.15, 0.2) is 0 Å². The first-order valence-electron chi connectivity index (χ1n) is 6.22. The Morgan fingerprint density at radius 3 is 2.56 bits per heavy atom. The first kappa shape index (κ1) is 14.5. The van der Waals surface area contributed by atoms with Crippen molar-refractivity contribution in [2.24, 2.45) is 0 Å². The van der Waals surface area contributed by atoms with Crippen molar-refractivity contribution in [3.8, 4) is 5.75 Å². The highest BCUT2D eigenvalue weighted by Crippen LogP contribution is 2.12. The quantitative estimate of drug-likeness (QED) is 0.768. The normalized spacial score (nSPS) is 11.9. The molecule has 1 aromatic rings. The predicted molar refractivity (Wildman–Crippen MR) is 72.8 cm³/mol. The fourth-order valence-electron chi connectivity index (χ4n) is 1.74. The first-order chi connectivity index (χ1) is 8.65. The maximum absolute atomic E-state index is 11.1. The molecule has 0 aliphatic heterocycles. The lowest BCUT2D eigenvalue weighted by Crippen LogP contribution is -2.32. The number of nitrogens with one attached hydrogen (secondary N) is 2. The highest BCUT2D eigenvalue weighted by Gasteiger charge is 2.04. The summed E-state index contributed by atoms with van der Waals surface area (Å²) in [7, 11) is 3.32. The maximum Gasteiger partial charge on any atom is 0.221 e. The summed E-state index contributed by atoms with van der Waals surface area (Å²) < 4.78 is 5.12. The highest BCUT2D eigenvalue weighted by atomic mass is 16.5. The Balaban J connectivity index is 2.30. The molecule has 1 amide bonds. The van der Waals surface area contributed by atoms with Gasteiger partial charge in [-0.3, -0.25) is 4.79 Å². The van der Waals surface area contributed by atoms with E-state index in [-0.39, 0.29) is 5.91 Å². The van der Waals surface area contributed by atoms with Gasteiger partial charge in [-0.1, -0.05) is 12.1 Å². The fourth-order valence-corrected chi connectivity index (χ4v) is 1.74. The van der Waals surface area contributed by atoms with Crippen LogP contribution in [0, 0.1) is 0 Å². The van der Waals surface area contributed by atoms with Gasteiger partial charge in [0.1, 0.15) is 5.75 Å². The van der Waals surface area contributed by atoms with Crippen molar-refractivity contribution in [2.45, 2.75) is 25.8 Å². The van der Waals surface area contributed by atoms with Crippen molar-refractivity contribution in [2.75, 3.05) is 20.7 Å². The zero-order valence-corrected chi connectivity index (χ0v) is 11.3. The summed E-state index contributed by atoms with van der Waals surface area (Å²) in [6.07, 6.45) is 1.46. The average Bonchev–Trinajstić information content (AvgIpc) is 2.39. The molecule has 0 spiro atoms. The number of rotatable bonds is 7. The van der Waals surface area contributed by atoms with E-state index in [0.717, 1.165) is 12.2 Å². The van der Waals surface area contributed by atoms with Crippen LogP contribution in [0.25, 0.3) is 0 Å². The lowest BCUT2D eigenvalue weighted by atomic mass is 10.1. The predicted octanol–water partition coefficient (Wildman–Crippen LogP) is 1.35. The van der Waals surface area contributed by atoms with Crippen molar-refractivity contribution >= 4 is 5.91 Å². The van der Waals surface area contributed by atoms with Crippen molar-refractivity contribution in [1.82, 2.24) is 10.6 Å². The number of hydrogen-bond acceptors (Lipinski definition) is 3. The molecule has 0 radical (unpaired) electrons. The van der Waals surface area contributed by atoms with Gasteiger partial charge < -0.3 is 15.4 Å². The lowest BCUT2D eigenvalue weighted by molar-refractivity contribution is -0.120. The van der Waals surface area contributed by atoms with Gasteiger partial charge in [0.25, 0.3) is 0 Å². The van der Waals surface area contributed by atoms with Gasteiger partial charge in [-0.05, 0) is 31.0 Å². The molecule has 1 unspecified atom stereocenters. The van der Waals surface area contributed by atoms with Crippen LogP contribution in [-0.2, 0) is 11.2 Å². The summed E-state index contributed by atoms with van der Waals surface area (Å²) in [6, 6.07) is 8.41. The van der Waals surface area contributed by atoms with Crippen LogP contribution >= 0.6 is 0 Å². The molecule has 0 aliphatic rings. The standard InChI is InChI=1S/C14H22N2O2/c1-11(16-9-8-14(17)15-2)10-12-4-6-13(18-3)7-5-12/h4-7,11,16H,8-10H2,1-3H3,(H,15,17). The van der Waals surface area contributed by atoms with E-state index in [4.69, 9.17) is 4.74 Å². The van der Waals surface area contributed by atoms with Gasteiger partial charge >= 0.3 is 0 Å². The smallest absolute Gasteiger partial charge is 0.221 e. The van der Waals surface area contributed by atoms with Gasteiger partial charge in [-0.2, -0.15) is 0 Å². The molecule has 2 N–H and O–H groups in total. The number of methoxy groups -OCH3 is 1. The van der Waals surface area contributed by atoms with Gasteiger partial charge in [-0.15, -0.1) is 0 Å². The van der Waals surface area contributed by atoms with Crippen LogP contribution in [0.1, 0.15) is 18.9 Å². The molecule has 0 aliphatic carbocycles. The summed E-state index contributed by atoms with van der Waals surface area (Å²) >= 11 is 0. The summed E-state index contributed by atoms with van der Waals surface area (Å²) in [5.74, 6) is 0.943. The highest BCUT2D eigenvalue weighted by molar-refractivity contribution is 5.75. The van der Waals surface area contributed by atoms with E-state index in [1.807, 2.05) is 12.1 Å². The number of amides is 1. The SMILES string of the molecule is CNC(=O)CCNC(C)Cc1ccc(OC)cc1. The number of ether oxygens (including phenoxy) is 1. The van der Waals surface area contributed by atoms with Crippen LogP contribution in [-0.4, -0.2) is 32.7 Å². The molecule has 1 rings (SSSR count). The molecule has 0 aromatic heterocycles. The van der Waals surface area contributed by atoms with Gasteiger partial charge in [-0.25, -0.2) is 0 Å². The van der Waals surface area contributed by atoms with Crippen molar-refractivity contribution in [3.63, 3.8) is 0 Å². The summed E-state index contributed by atoms with van der Waals surface area (Å²) in [5.41, 5.74) is 1.26. The van der Waals surface area contributed by atoms with E-state index in [2.05, 4.69) is 29.7 Å². The molecule has 4 heteroatoms. The molecule has 0 heterocycles. The van der Waals surface area contributed by atoms with Crippen LogP contribution in [0.15, 0.2) is 24.3 Å². The minimum absolute atomic E-state index is 0.0687. The third kappa shape index (κ3) is 5.19. The molecule has 0 bridgehead atoms. The molecule has 0 fully saturated rings. The van der Waals surface area contributed by atoms with Crippen LogP contribution in [0.2, 0.25) is 0 Å². The molecule has 1 aromatic carbocycles. The number of hydrogen-bond donors (Lipinski definition) is 2. The first-order valence-corrected chi connectivity index (χ1v) is 6.22.